The molecule has 0 amide bonds. The van der Waals surface area contributed by atoms with Gasteiger partial charge in [0.25, 0.3) is 0 Å². The first-order chi connectivity index (χ1) is 8.36. The second-order valence-corrected chi connectivity index (χ2v) is 4.84. The van der Waals surface area contributed by atoms with Gasteiger partial charge >= 0.3 is 0 Å². The monoisotopic (exact) mass is 249 g/mol. The van der Waals surface area contributed by atoms with Crippen LogP contribution in [-0.2, 0) is 0 Å². The molecule has 18 heavy (non-hydrogen) atoms. The van der Waals surface area contributed by atoms with Crippen molar-refractivity contribution < 1.29 is 9.95 Å². The Hall–Kier alpha value is -2.04. The molecule has 1 aromatic rings. The number of hydroxylamine groups is 1. The summed E-state index contributed by atoms with van der Waals surface area (Å²) in [6, 6.07) is 7.61. The standard InChI is InChI=1S/C13H19N3O2/c1-13(2,10-14-17)16(18)9-11-5-7-12(8-6-11)15(3)4/h5-10,17H,1-4H3/b14-10?,16-9-. The molecular weight excluding hydrogens is 230 g/mol. The molecule has 1 aromatic carbocycles. The zero-order valence-electron chi connectivity index (χ0n) is 11.2. The highest BCUT2D eigenvalue weighted by atomic mass is 16.5. The lowest BCUT2D eigenvalue weighted by atomic mass is 10.1. The summed E-state index contributed by atoms with van der Waals surface area (Å²) < 4.78 is 0.761. The maximum Gasteiger partial charge on any atom is 0.205 e. The van der Waals surface area contributed by atoms with Crippen molar-refractivity contribution in [2.75, 3.05) is 19.0 Å². The van der Waals surface area contributed by atoms with Crippen molar-refractivity contribution in [1.29, 1.82) is 0 Å². The van der Waals surface area contributed by atoms with Crippen molar-refractivity contribution >= 4 is 18.1 Å². The quantitative estimate of drug-likeness (QED) is 0.291. The molecule has 5 heteroatoms. The van der Waals surface area contributed by atoms with Crippen LogP contribution in [0, 0.1) is 5.21 Å². The summed E-state index contributed by atoms with van der Waals surface area (Å²) in [5.74, 6) is 0. The van der Waals surface area contributed by atoms with Crippen LogP contribution in [0.4, 0.5) is 5.69 Å². The van der Waals surface area contributed by atoms with Crippen LogP contribution >= 0.6 is 0 Å². The molecule has 0 radical (unpaired) electrons. The van der Waals surface area contributed by atoms with E-state index in [-0.39, 0.29) is 0 Å². The zero-order chi connectivity index (χ0) is 13.8. The van der Waals surface area contributed by atoms with E-state index in [2.05, 4.69) is 5.16 Å². The van der Waals surface area contributed by atoms with E-state index < -0.39 is 5.54 Å². The van der Waals surface area contributed by atoms with Crippen molar-refractivity contribution in [3.05, 3.63) is 35.0 Å². The second kappa shape index (κ2) is 5.53. The summed E-state index contributed by atoms with van der Waals surface area (Å²) in [6.07, 6.45) is 2.67. The van der Waals surface area contributed by atoms with Gasteiger partial charge in [0.2, 0.25) is 5.54 Å². The summed E-state index contributed by atoms with van der Waals surface area (Å²) in [7, 11) is 3.92. The van der Waals surface area contributed by atoms with Gasteiger partial charge in [-0.05, 0) is 24.3 Å². The number of benzene rings is 1. The molecule has 5 nitrogen and oxygen atoms in total. The Kier molecular flexibility index (Phi) is 4.31. The van der Waals surface area contributed by atoms with Crippen LogP contribution in [0.1, 0.15) is 19.4 Å². The van der Waals surface area contributed by atoms with Crippen LogP contribution in [-0.4, -0.2) is 42.0 Å². The van der Waals surface area contributed by atoms with Crippen LogP contribution in [0.5, 0.6) is 0 Å². The Morgan fingerprint density at radius 3 is 2.28 bits per heavy atom. The minimum absolute atomic E-state index is 0.761. The van der Waals surface area contributed by atoms with Gasteiger partial charge in [0.1, 0.15) is 6.21 Å². The van der Waals surface area contributed by atoms with Crippen LogP contribution < -0.4 is 4.90 Å². The van der Waals surface area contributed by atoms with Gasteiger partial charge in [0.15, 0.2) is 6.21 Å². The first-order valence-corrected chi connectivity index (χ1v) is 5.64. The predicted molar refractivity (Wildman–Crippen MR) is 73.9 cm³/mol. The minimum Gasteiger partial charge on any atom is -0.623 e. The molecule has 0 fully saturated rings. The predicted octanol–water partition coefficient (Wildman–Crippen LogP) is 1.92. The summed E-state index contributed by atoms with van der Waals surface area (Å²) in [4.78, 5) is 1.99. The highest BCUT2D eigenvalue weighted by Gasteiger charge is 2.23. The third kappa shape index (κ3) is 3.48. The van der Waals surface area contributed by atoms with Crippen molar-refractivity contribution in [2.24, 2.45) is 5.16 Å². The lowest BCUT2D eigenvalue weighted by Gasteiger charge is -2.18. The van der Waals surface area contributed by atoms with E-state index in [0.29, 0.717) is 0 Å². The molecule has 0 heterocycles. The summed E-state index contributed by atoms with van der Waals surface area (Å²) >= 11 is 0. The average molecular weight is 249 g/mol. The Bertz CT molecular complexity index is 448. The average Bonchev–Trinajstić information content (AvgIpc) is 2.29. The van der Waals surface area contributed by atoms with Crippen LogP contribution in [0.25, 0.3) is 0 Å². The molecule has 0 spiro atoms. The molecule has 0 bridgehead atoms. The molecule has 1 rings (SSSR count). The van der Waals surface area contributed by atoms with E-state index in [0.717, 1.165) is 16.0 Å². The number of oxime groups is 1. The van der Waals surface area contributed by atoms with Crippen molar-refractivity contribution in [1.82, 2.24) is 0 Å². The van der Waals surface area contributed by atoms with Gasteiger partial charge in [-0.3, -0.25) is 0 Å². The molecule has 0 saturated heterocycles. The normalized spacial score (nSPS) is 13.0. The van der Waals surface area contributed by atoms with E-state index in [9.17, 15) is 5.21 Å². The van der Waals surface area contributed by atoms with Gasteiger partial charge in [0.05, 0.1) is 0 Å². The smallest absolute Gasteiger partial charge is 0.205 e. The summed E-state index contributed by atoms with van der Waals surface area (Å²) in [5, 5.41) is 23.3. The van der Waals surface area contributed by atoms with E-state index in [1.54, 1.807) is 13.8 Å². The Labute approximate surface area is 107 Å². The number of rotatable bonds is 4. The van der Waals surface area contributed by atoms with E-state index in [1.807, 2.05) is 43.3 Å². The first kappa shape index (κ1) is 14.0. The Morgan fingerprint density at radius 1 is 1.28 bits per heavy atom. The molecule has 0 aliphatic rings. The molecule has 0 atom stereocenters. The maximum absolute atomic E-state index is 11.9. The highest BCUT2D eigenvalue weighted by Crippen LogP contribution is 2.12. The van der Waals surface area contributed by atoms with Crippen LogP contribution in [0.2, 0.25) is 0 Å². The van der Waals surface area contributed by atoms with E-state index >= 15 is 0 Å². The van der Waals surface area contributed by atoms with Gasteiger partial charge in [-0.1, -0.05) is 5.16 Å². The highest BCUT2D eigenvalue weighted by molar-refractivity contribution is 5.78. The molecule has 0 saturated carbocycles. The van der Waals surface area contributed by atoms with E-state index in [4.69, 9.17) is 5.21 Å². The van der Waals surface area contributed by atoms with Gasteiger partial charge < -0.3 is 15.3 Å². The molecule has 1 N–H and O–H groups in total. The Balaban J connectivity index is 2.95. The molecule has 0 aromatic heterocycles. The fourth-order valence-electron chi connectivity index (χ4n) is 1.36. The second-order valence-electron chi connectivity index (χ2n) is 4.84. The topological polar surface area (TPSA) is 61.9 Å². The molecule has 98 valence electrons. The van der Waals surface area contributed by atoms with Gasteiger partial charge in [-0.2, -0.15) is 0 Å². The first-order valence-electron chi connectivity index (χ1n) is 5.64. The third-order valence-corrected chi connectivity index (χ3v) is 2.62. The molecule has 0 aliphatic heterocycles. The fraction of sp³-hybridized carbons (Fsp3) is 0.385. The third-order valence-electron chi connectivity index (χ3n) is 2.62. The zero-order valence-corrected chi connectivity index (χ0v) is 11.2. The Morgan fingerprint density at radius 2 is 1.83 bits per heavy atom. The van der Waals surface area contributed by atoms with Crippen molar-refractivity contribution in [2.45, 2.75) is 19.4 Å². The fourth-order valence-corrected chi connectivity index (χ4v) is 1.36. The van der Waals surface area contributed by atoms with Crippen LogP contribution in [0.3, 0.4) is 0 Å². The van der Waals surface area contributed by atoms with Crippen molar-refractivity contribution in [3.8, 4) is 0 Å². The van der Waals surface area contributed by atoms with Gasteiger partial charge in [-0.25, -0.2) is 4.74 Å². The van der Waals surface area contributed by atoms with Crippen LogP contribution in [0.15, 0.2) is 29.4 Å². The number of hydrogen-bond acceptors (Lipinski definition) is 4. The minimum atomic E-state index is -0.880. The summed E-state index contributed by atoms with van der Waals surface area (Å²) in [6.45, 7) is 3.34. The number of nitrogens with zero attached hydrogens (tertiary/aromatic N) is 3. The lowest BCUT2D eigenvalue weighted by Crippen LogP contribution is -2.35. The molecule has 0 aliphatic carbocycles. The number of hydrogen-bond donors (Lipinski definition) is 1. The van der Waals surface area contributed by atoms with Crippen molar-refractivity contribution in [3.63, 3.8) is 0 Å². The largest absolute Gasteiger partial charge is 0.623 e. The van der Waals surface area contributed by atoms with E-state index in [1.165, 1.54) is 12.4 Å². The molecule has 0 unspecified atom stereocenters. The van der Waals surface area contributed by atoms with Gasteiger partial charge in [0, 0.05) is 39.2 Å². The summed E-state index contributed by atoms with van der Waals surface area (Å²) in [5.41, 5.74) is 0.991. The molecular formula is C13H19N3O2. The van der Waals surface area contributed by atoms with Gasteiger partial charge in [-0.15, -0.1) is 0 Å². The SMILES string of the molecule is CN(C)c1ccc(/C=[N+](\[O-])C(C)(C)C=NO)cc1. The maximum atomic E-state index is 11.9. The lowest BCUT2D eigenvalue weighted by molar-refractivity contribution is -0.511. The number of anilines is 1.